The summed E-state index contributed by atoms with van der Waals surface area (Å²) in [6.07, 6.45) is 7.17. The molecule has 0 saturated heterocycles. The third-order valence-corrected chi connectivity index (χ3v) is 8.95. The van der Waals surface area contributed by atoms with Crippen LogP contribution in [0.4, 0.5) is 5.69 Å². The van der Waals surface area contributed by atoms with Crippen LogP contribution in [-0.2, 0) is 0 Å². The Morgan fingerprint density at radius 3 is 2.70 bits per heavy atom. The number of hydrogen-bond donors (Lipinski definition) is 2. The van der Waals surface area contributed by atoms with Gasteiger partial charge < -0.3 is 5.11 Å². The molecule has 5 rings (SSSR count). The van der Waals surface area contributed by atoms with Crippen LogP contribution in [0.5, 0.6) is 0 Å². The first kappa shape index (κ1) is 22.4. The highest BCUT2D eigenvalue weighted by atomic mass is 32.1. The Kier molecular flexibility index (Phi) is 5.94. The first-order valence-corrected chi connectivity index (χ1v) is 12.9. The third-order valence-electron chi connectivity index (χ3n) is 7.96. The summed E-state index contributed by atoms with van der Waals surface area (Å²) >= 11 is 1.73. The van der Waals surface area contributed by atoms with Crippen LogP contribution >= 0.6 is 11.3 Å². The van der Waals surface area contributed by atoms with E-state index in [4.69, 9.17) is 5.84 Å². The Morgan fingerprint density at radius 2 is 1.91 bits per heavy atom. The van der Waals surface area contributed by atoms with E-state index in [1.807, 2.05) is 5.01 Å². The molecule has 2 aliphatic rings. The maximum Gasteiger partial charge on any atom is 0.0807 e. The molecule has 33 heavy (non-hydrogen) atoms. The van der Waals surface area contributed by atoms with Gasteiger partial charge in [0, 0.05) is 4.70 Å². The minimum Gasteiger partial charge on any atom is -0.388 e. The first-order valence-electron chi connectivity index (χ1n) is 12.0. The normalized spacial score (nSPS) is 23.9. The summed E-state index contributed by atoms with van der Waals surface area (Å²) < 4.78 is 1.25. The number of benzene rings is 2. The van der Waals surface area contributed by atoms with Crippen LogP contribution in [-0.4, -0.2) is 5.11 Å². The molecule has 1 heterocycles. The molecule has 1 aromatic heterocycles. The number of aliphatic hydroxyl groups is 1. The van der Waals surface area contributed by atoms with E-state index in [0.29, 0.717) is 5.92 Å². The minimum absolute atomic E-state index is 0.0761. The molecule has 2 aromatic carbocycles. The third kappa shape index (κ3) is 4.05. The number of thiophene rings is 1. The molecule has 3 unspecified atom stereocenters. The van der Waals surface area contributed by atoms with Gasteiger partial charge in [-0.25, -0.2) is 5.84 Å². The van der Waals surface area contributed by atoms with Gasteiger partial charge in [0.25, 0.3) is 0 Å². The van der Waals surface area contributed by atoms with Gasteiger partial charge >= 0.3 is 0 Å². The number of fused-ring (bicyclic) bond motifs is 2. The average molecular weight is 459 g/mol. The van der Waals surface area contributed by atoms with Crippen molar-refractivity contribution >= 4 is 27.1 Å². The molecule has 0 spiro atoms. The van der Waals surface area contributed by atoms with Gasteiger partial charge in [-0.05, 0) is 103 Å². The summed E-state index contributed by atoms with van der Waals surface area (Å²) in [5.74, 6) is 7.05. The molecule has 1 fully saturated rings. The molecule has 172 valence electrons. The lowest BCUT2D eigenvalue weighted by Crippen LogP contribution is -2.39. The Balaban J connectivity index is 1.40. The predicted molar refractivity (Wildman–Crippen MR) is 140 cm³/mol. The van der Waals surface area contributed by atoms with Crippen molar-refractivity contribution in [3.8, 4) is 0 Å². The number of aliphatic hydroxyl groups excluding tert-OH is 1. The van der Waals surface area contributed by atoms with E-state index in [9.17, 15) is 5.11 Å². The van der Waals surface area contributed by atoms with Gasteiger partial charge in [0.05, 0.1) is 17.5 Å². The minimum atomic E-state index is -0.424. The highest BCUT2D eigenvalue weighted by molar-refractivity contribution is 7.17. The van der Waals surface area contributed by atoms with Crippen molar-refractivity contribution in [2.75, 3.05) is 5.01 Å². The highest BCUT2D eigenvalue weighted by Crippen LogP contribution is 2.54. The van der Waals surface area contributed by atoms with Gasteiger partial charge in [0.2, 0.25) is 0 Å². The Morgan fingerprint density at radius 1 is 1.15 bits per heavy atom. The topological polar surface area (TPSA) is 49.5 Å². The molecule has 1 saturated carbocycles. The van der Waals surface area contributed by atoms with Crippen molar-refractivity contribution in [2.45, 2.75) is 59.0 Å². The van der Waals surface area contributed by atoms with Crippen molar-refractivity contribution in [3.63, 3.8) is 0 Å². The summed E-state index contributed by atoms with van der Waals surface area (Å²) in [7, 11) is 0. The lowest BCUT2D eigenvalue weighted by atomic mass is 9.58. The van der Waals surface area contributed by atoms with Crippen molar-refractivity contribution in [2.24, 2.45) is 17.2 Å². The summed E-state index contributed by atoms with van der Waals surface area (Å²) in [4.78, 5) is 0. The van der Waals surface area contributed by atoms with E-state index in [0.717, 1.165) is 36.2 Å². The van der Waals surface area contributed by atoms with Crippen LogP contribution in [0.15, 0.2) is 76.8 Å². The molecule has 3 atom stereocenters. The molecule has 3 nitrogen and oxygen atoms in total. The number of hydrazine groups is 1. The van der Waals surface area contributed by atoms with Gasteiger partial charge in [-0.3, -0.25) is 5.01 Å². The molecule has 3 aromatic rings. The van der Waals surface area contributed by atoms with E-state index in [2.05, 4.69) is 80.8 Å². The van der Waals surface area contributed by atoms with Crippen LogP contribution < -0.4 is 10.9 Å². The standard InChI is InChI=1S/C29H34N2OS/c1-19-11-13-23(14-12-19)31(30)26-15-21-7-6-8-22(29(21,3)17-20(26)2)16-27(32)25-18-33-28-10-5-4-9-24(25)28/h4-5,9-15,18,22,27,32H,6-8,16-17,30H2,1-3H3. The number of hydrogen-bond acceptors (Lipinski definition) is 4. The van der Waals surface area contributed by atoms with E-state index < -0.39 is 6.10 Å². The second-order valence-electron chi connectivity index (χ2n) is 10.2. The van der Waals surface area contributed by atoms with E-state index in [1.165, 1.54) is 39.6 Å². The van der Waals surface area contributed by atoms with Crippen molar-refractivity contribution in [3.05, 3.63) is 88.0 Å². The number of nitrogens with two attached hydrogens (primary N) is 1. The maximum atomic E-state index is 11.3. The molecular formula is C29H34N2OS. The van der Waals surface area contributed by atoms with Crippen LogP contribution in [0.3, 0.4) is 0 Å². The molecule has 4 heteroatoms. The molecular weight excluding hydrogens is 424 g/mol. The van der Waals surface area contributed by atoms with Gasteiger partial charge in [0.15, 0.2) is 0 Å². The van der Waals surface area contributed by atoms with Crippen molar-refractivity contribution in [1.29, 1.82) is 0 Å². The lowest BCUT2D eigenvalue weighted by molar-refractivity contribution is 0.0833. The van der Waals surface area contributed by atoms with E-state index in [-0.39, 0.29) is 5.41 Å². The quantitative estimate of drug-likeness (QED) is 0.309. The first-order chi connectivity index (χ1) is 15.9. The van der Waals surface area contributed by atoms with Crippen LogP contribution in [0.25, 0.3) is 10.1 Å². The molecule has 0 amide bonds. The number of nitrogens with zero attached hydrogens (tertiary/aromatic N) is 1. The lowest BCUT2D eigenvalue weighted by Gasteiger charge is -2.48. The zero-order chi connectivity index (χ0) is 23.2. The largest absolute Gasteiger partial charge is 0.388 e. The summed E-state index contributed by atoms with van der Waals surface area (Å²) in [6.45, 7) is 6.73. The second-order valence-corrected chi connectivity index (χ2v) is 11.1. The van der Waals surface area contributed by atoms with Gasteiger partial charge in [-0.1, -0.05) is 48.4 Å². The van der Waals surface area contributed by atoms with Crippen molar-refractivity contribution in [1.82, 2.24) is 0 Å². The summed E-state index contributed by atoms with van der Waals surface area (Å²) in [6, 6.07) is 16.8. The van der Waals surface area contributed by atoms with Crippen LogP contribution in [0.1, 0.15) is 63.2 Å². The second kappa shape index (κ2) is 8.75. The number of allylic oxidation sites excluding steroid dienone is 3. The van der Waals surface area contributed by atoms with E-state index >= 15 is 0 Å². The fourth-order valence-corrected chi connectivity index (χ4v) is 6.99. The van der Waals surface area contributed by atoms with Crippen LogP contribution in [0.2, 0.25) is 0 Å². The number of anilines is 1. The van der Waals surface area contributed by atoms with Gasteiger partial charge in [0.1, 0.15) is 0 Å². The van der Waals surface area contributed by atoms with Gasteiger partial charge in [-0.15, -0.1) is 11.3 Å². The Hall–Kier alpha value is -2.40. The van der Waals surface area contributed by atoms with Crippen molar-refractivity contribution < 1.29 is 5.11 Å². The summed E-state index contributed by atoms with van der Waals surface area (Å²) in [5.41, 5.74) is 7.35. The summed E-state index contributed by atoms with van der Waals surface area (Å²) in [5, 5.41) is 16.5. The van der Waals surface area contributed by atoms with Gasteiger partial charge in [-0.2, -0.15) is 0 Å². The SMILES string of the molecule is CC1=C(N(N)c2ccc(C)cc2)C=C2CCCC(CC(O)c3csc4ccccc34)C2(C)C1. The molecule has 3 N–H and O–H groups in total. The molecule has 2 aliphatic carbocycles. The zero-order valence-corrected chi connectivity index (χ0v) is 20.7. The fraction of sp³-hybridized carbons (Fsp3) is 0.379. The Bertz CT molecular complexity index is 1220. The maximum absolute atomic E-state index is 11.3. The molecule has 0 aliphatic heterocycles. The van der Waals surface area contributed by atoms with Crippen LogP contribution in [0, 0.1) is 18.3 Å². The number of aryl methyl sites for hydroxylation is 1. The molecule has 0 bridgehead atoms. The predicted octanol–water partition coefficient (Wildman–Crippen LogP) is 7.42. The monoisotopic (exact) mass is 458 g/mol. The molecule has 0 radical (unpaired) electrons. The Labute approximate surface area is 201 Å². The van der Waals surface area contributed by atoms with E-state index in [1.54, 1.807) is 11.3 Å². The zero-order valence-electron chi connectivity index (χ0n) is 19.8. The number of rotatable bonds is 5. The fourth-order valence-electron chi connectivity index (χ4n) is 5.98. The highest BCUT2D eigenvalue weighted by Gasteiger charge is 2.43. The average Bonchev–Trinajstić information content (AvgIpc) is 3.24. The smallest absolute Gasteiger partial charge is 0.0807 e.